The van der Waals surface area contributed by atoms with Gasteiger partial charge >= 0.3 is 0 Å². The quantitative estimate of drug-likeness (QED) is 0.791. The molecule has 1 saturated heterocycles. The van der Waals surface area contributed by atoms with Crippen molar-refractivity contribution in [3.05, 3.63) is 24.0 Å². The molecule has 0 aliphatic carbocycles. The lowest BCUT2D eigenvalue weighted by molar-refractivity contribution is -0.136. The smallest absolute Gasteiger partial charge is 0.263 e. The Morgan fingerprint density at radius 1 is 1.38 bits per heavy atom. The number of carbonyl (C=O) groups is 1. The fourth-order valence-electron chi connectivity index (χ4n) is 2.16. The lowest BCUT2D eigenvalue weighted by Gasteiger charge is -2.21. The van der Waals surface area contributed by atoms with Gasteiger partial charge in [-0.1, -0.05) is 0 Å². The monoisotopic (exact) mass is 335 g/mol. The molecule has 1 atom stereocenters. The number of hydrogen-bond acceptors (Lipinski definition) is 4. The average Bonchev–Trinajstić information content (AvgIpc) is 2.92. The topological polar surface area (TPSA) is 63.7 Å². The van der Waals surface area contributed by atoms with Gasteiger partial charge in [-0.25, -0.2) is 12.8 Å². The van der Waals surface area contributed by atoms with Gasteiger partial charge in [-0.2, -0.15) is 0 Å². The van der Waals surface area contributed by atoms with Crippen molar-refractivity contribution in [3.63, 3.8) is 0 Å². The van der Waals surface area contributed by atoms with Crippen LogP contribution < -0.4 is 4.74 Å². The van der Waals surface area contributed by atoms with E-state index in [-0.39, 0.29) is 16.6 Å². The lowest BCUT2D eigenvalue weighted by atomic mass is 10.3. The van der Waals surface area contributed by atoms with Crippen LogP contribution >= 0.6 is 10.7 Å². The van der Waals surface area contributed by atoms with Crippen molar-refractivity contribution in [2.24, 2.45) is 0 Å². The molecular weight excluding hydrogens is 321 g/mol. The number of benzene rings is 1. The van der Waals surface area contributed by atoms with Gasteiger partial charge in [0.05, 0.1) is 4.90 Å². The Hall–Kier alpha value is -1.34. The fourth-order valence-corrected chi connectivity index (χ4v) is 2.93. The highest BCUT2D eigenvalue weighted by molar-refractivity contribution is 8.13. The van der Waals surface area contributed by atoms with Crippen LogP contribution in [0, 0.1) is 5.82 Å². The first kappa shape index (κ1) is 16.0. The Labute approximate surface area is 127 Å². The molecule has 2 rings (SSSR count). The molecule has 1 aliphatic heterocycles. The molecule has 1 unspecified atom stereocenters. The number of hydrogen-bond donors (Lipinski definition) is 0. The number of likely N-dealkylation sites (tertiary alicyclic amines) is 1. The van der Waals surface area contributed by atoms with Gasteiger partial charge in [0.25, 0.3) is 15.0 Å². The van der Waals surface area contributed by atoms with E-state index in [0.717, 1.165) is 31.0 Å². The lowest BCUT2D eigenvalue weighted by Crippen LogP contribution is -2.38. The number of carbonyl (C=O) groups excluding carboxylic acids is 1. The predicted octanol–water partition coefficient (Wildman–Crippen LogP) is 2.14. The Morgan fingerprint density at radius 2 is 2.00 bits per heavy atom. The Balaban J connectivity index is 2.10. The van der Waals surface area contributed by atoms with Gasteiger partial charge in [-0.05, 0) is 38.0 Å². The molecule has 0 aromatic heterocycles. The fraction of sp³-hybridized carbons (Fsp3) is 0.462. The maximum Gasteiger partial charge on any atom is 0.263 e. The second-order valence-corrected chi connectivity index (χ2v) is 7.39. The minimum Gasteiger partial charge on any atom is -0.478 e. The number of nitrogens with zero attached hydrogens (tertiary/aromatic N) is 1. The van der Waals surface area contributed by atoms with E-state index in [0.29, 0.717) is 13.1 Å². The summed E-state index contributed by atoms with van der Waals surface area (Å²) in [5, 5.41) is 0. The van der Waals surface area contributed by atoms with Crippen LogP contribution in [0.15, 0.2) is 23.1 Å². The van der Waals surface area contributed by atoms with Crippen LogP contribution in [0.2, 0.25) is 0 Å². The van der Waals surface area contributed by atoms with Crippen LogP contribution in [0.1, 0.15) is 19.8 Å². The summed E-state index contributed by atoms with van der Waals surface area (Å²) in [7, 11) is 1.13. The number of rotatable bonds is 4. The summed E-state index contributed by atoms with van der Waals surface area (Å²) in [6.07, 6.45) is 1.07. The molecule has 0 spiro atoms. The van der Waals surface area contributed by atoms with E-state index in [4.69, 9.17) is 15.4 Å². The number of halogens is 2. The summed E-state index contributed by atoms with van der Waals surface area (Å²) in [5.41, 5.74) is 0. The van der Waals surface area contributed by atoms with Gasteiger partial charge in [-0.15, -0.1) is 0 Å². The van der Waals surface area contributed by atoms with Crippen LogP contribution in [0.25, 0.3) is 0 Å². The van der Waals surface area contributed by atoms with Gasteiger partial charge in [0.15, 0.2) is 17.7 Å². The van der Waals surface area contributed by atoms with Crippen LogP contribution in [-0.4, -0.2) is 38.4 Å². The number of ether oxygens (including phenoxy) is 1. The Bertz CT molecular complexity index is 644. The third-order valence-corrected chi connectivity index (χ3v) is 4.61. The zero-order chi connectivity index (χ0) is 15.6. The summed E-state index contributed by atoms with van der Waals surface area (Å²) in [5.74, 6) is -1.27. The van der Waals surface area contributed by atoms with Gasteiger partial charge in [-0.3, -0.25) is 4.79 Å². The molecule has 0 bridgehead atoms. The highest BCUT2D eigenvalue weighted by Crippen LogP contribution is 2.24. The second-order valence-electron chi connectivity index (χ2n) is 4.82. The maximum absolute atomic E-state index is 13.8. The van der Waals surface area contributed by atoms with Gasteiger partial charge in [0.2, 0.25) is 0 Å². The van der Waals surface area contributed by atoms with Crippen molar-refractivity contribution in [2.45, 2.75) is 30.8 Å². The summed E-state index contributed by atoms with van der Waals surface area (Å²) < 4.78 is 41.3. The minimum absolute atomic E-state index is 0.181. The normalized spacial score (nSPS) is 16.8. The largest absolute Gasteiger partial charge is 0.478 e. The molecule has 0 saturated carbocycles. The van der Waals surface area contributed by atoms with Crippen LogP contribution in [0.3, 0.4) is 0 Å². The van der Waals surface area contributed by atoms with E-state index in [2.05, 4.69) is 0 Å². The molecule has 1 fully saturated rings. The van der Waals surface area contributed by atoms with Crippen molar-refractivity contribution < 1.29 is 22.3 Å². The molecule has 1 aromatic rings. The van der Waals surface area contributed by atoms with Gasteiger partial charge in [0, 0.05) is 23.8 Å². The summed E-state index contributed by atoms with van der Waals surface area (Å²) in [6, 6.07) is 3.05. The highest BCUT2D eigenvalue weighted by Gasteiger charge is 2.25. The Kier molecular flexibility index (Phi) is 4.73. The summed E-state index contributed by atoms with van der Waals surface area (Å²) in [6.45, 7) is 2.89. The molecule has 5 nitrogen and oxygen atoms in total. The zero-order valence-corrected chi connectivity index (χ0v) is 13.0. The molecule has 8 heteroatoms. The van der Waals surface area contributed by atoms with Crippen molar-refractivity contribution >= 4 is 25.6 Å². The molecular formula is C13H15ClFNO4S. The van der Waals surface area contributed by atoms with Gasteiger partial charge < -0.3 is 9.64 Å². The van der Waals surface area contributed by atoms with Crippen molar-refractivity contribution in [1.29, 1.82) is 0 Å². The van der Waals surface area contributed by atoms with Gasteiger partial charge in [0.1, 0.15) is 0 Å². The van der Waals surface area contributed by atoms with Crippen molar-refractivity contribution in [2.75, 3.05) is 13.1 Å². The van der Waals surface area contributed by atoms with E-state index in [1.165, 1.54) is 6.92 Å². The third-order valence-electron chi connectivity index (χ3n) is 3.25. The van der Waals surface area contributed by atoms with E-state index in [1.807, 2.05) is 0 Å². The summed E-state index contributed by atoms with van der Waals surface area (Å²) in [4.78, 5) is 13.4. The molecule has 1 amide bonds. The molecule has 1 aromatic carbocycles. The van der Waals surface area contributed by atoms with Crippen LogP contribution in [0.5, 0.6) is 5.75 Å². The minimum atomic E-state index is -4.00. The zero-order valence-electron chi connectivity index (χ0n) is 11.4. The second kappa shape index (κ2) is 6.19. The molecule has 0 N–H and O–H groups in total. The first-order chi connectivity index (χ1) is 9.79. The first-order valence-electron chi connectivity index (χ1n) is 6.48. The predicted molar refractivity (Wildman–Crippen MR) is 75.3 cm³/mol. The molecule has 1 heterocycles. The molecule has 0 radical (unpaired) electrons. The van der Waals surface area contributed by atoms with E-state index < -0.39 is 21.0 Å². The van der Waals surface area contributed by atoms with Crippen molar-refractivity contribution in [1.82, 2.24) is 4.90 Å². The third kappa shape index (κ3) is 3.85. The van der Waals surface area contributed by atoms with E-state index >= 15 is 0 Å². The highest BCUT2D eigenvalue weighted by atomic mass is 35.7. The summed E-state index contributed by atoms with van der Waals surface area (Å²) >= 11 is 0. The molecule has 21 heavy (non-hydrogen) atoms. The van der Waals surface area contributed by atoms with E-state index in [9.17, 15) is 17.6 Å². The Morgan fingerprint density at radius 3 is 2.52 bits per heavy atom. The number of amides is 1. The molecule has 1 aliphatic rings. The first-order valence-corrected chi connectivity index (χ1v) is 8.79. The standard InChI is InChI=1S/C13H15ClFNO4S/c1-9(13(17)16-6-2-3-7-16)20-12-5-4-10(8-11(12)15)21(14,18)19/h4-5,8-9H,2-3,6-7H2,1H3. The van der Waals surface area contributed by atoms with E-state index in [1.54, 1.807) is 4.90 Å². The SMILES string of the molecule is CC(Oc1ccc(S(=O)(=O)Cl)cc1F)C(=O)N1CCCC1. The van der Waals surface area contributed by atoms with Crippen molar-refractivity contribution in [3.8, 4) is 5.75 Å². The van der Waals surface area contributed by atoms with Crippen LogP contribution in [0.4, 0.5) is 4.39 Å². The molecule has 116 valence electrons. The maximum atomic E-state index is 13.8. The van der Waals surface area contributed by atoms with Crippen LogP contribution in [-0.2, 0) is 13.8 Å². The average molecular weight is 336 g/mol.